The molecule has 0 bridgehead atoms. The van der Waals surface area contributed by atoms with Gasteiger partial charge >= 0.3 is 51.2 Å². The monoisotopic (exact) mass is 508 g/mol. The van der Waals surface area contributed by atoms with Gasteiger partial charge in [-0.2, -0.15) is 0 Å². The fourth-order valence-corrected chi connectivity index (χ4v) is 0. The van der Waals surface area contributed by atoms with Gasteiger partial charge in [-0.3, -0.25) is 5.73 Å². The third-order valence-electron chi connectivity index (χ3n) is 0. The summed E-state index contributed by atoms with van der Waals surface area (Å²) in [5, 5.41) is 0. The molecule has 0 aromatic heterocycles. The summed E-state index contributed by atoms with van der Waals surface area (Å²) in [5.74, 6) is 0. The second kappa shape index (κ2) is 15.7. The Labute approximate surface area is 66.7 Å². The Morgan fingerprint density at radius 3 is 1.67 bits per heavy atom. The molecule has 0 spiro atoms. The standard InChI is InChI=1S/CH3NO.2HI.Pb/c2-1-3;;;/h1H,(H2,2,3);2*1H;/q;;;+2/p-1. The van der Waals surface area contributed by atoms with Gasteiger partial charge in [0.15, 0.2) is 0 Å². The van der Waals surface area contributed by atoms with Crippen molar-refractivity contribution in [2.75, 3.05) is 0 Å². The van der Waals surface area contributed by atoms with Crippen molar-refractivity contribution in [2.45, 2.75) is 0 Å². The number of rotatable bonds is 0. The molecule has 0 atom stereocenters. The largest absolute Gasteiger partial charge is 0.297 e. The van der Waals surface area contributed by atoms with E-state index in [4.69, 9.17) is 4.79 Å². The number of hydrogen-bond donors (Lipinski definition) is 1. The van der Waals surface area contributed by atoms with Crippen LogP contribution >= 0.6 is 35.5 Å². The molecule has 5 heteroatoms. The quantitative estimate of drug-likeness (QED) is 0.275. The van der Waals surface area contributed by atoms with Crippen LogP contribution in [0, 0.1) is 0 Å². The molecular weight excluding hydrogens is 503 g/mol. The van der Waals surface area contributed by atoms with Crippen LogP contribution < -0.4 is 5.73 Å². The third kappa shape index (κ3) is 37.3. The summed E-state index contributed by atoms with van der Waals surface area (Å²) in [4.78, 5) is 8.69. The van der Waals surface area contributed by atoms with Gasteiger partial charge in [0, 0.05) is 0 Å². The molecular formula is CH4I2NOPb+. The van der Waals surface area contributed by atoms with Crippen LogP contribution in [0.1, 0.15) is 0 Å². The number of amides is 1. The van der Waals surface area contributed by atoms with E-state index in [1.54, 1.807) is 0 Å². The van der Waals surface area contributed by atoms with E-state index in [1.807, 2.05) is 0 Å². The first-order valence-electron chi connectivity index (χ1n) is 1.02. The first kappa shape index (κ1) is 10.9. The normalized spacial score (nSPS) is 5.17. The molecule has 0 unspecified atom stereocenters. The van der Waals surface area contributed by atoms with E-state index < -0.39 is 0 Å². The topological polar surface area (TPSA) is 44.7 Å². The molecule has 0 heterocycles. The van der Waals surface area contributed by atoms with E-state index in [1.165, 1.54) is 0 Å². The van der Waals surface area contributed by atoms with E-state index in [9.17, 15) is 0 Å². The number of halogens is 2. The average molecular weight is 507 g/mol. The molecule has 0 aromatic carbocycles. The molecule has 2 radical (unpaired) electrons. The fourth-order valence-electron chi connectivity index (χ4n) is 0. The van der Waals surface area contributed by atoms with Gasteiger partial charge in [-0.05, 0) is 0 Å². The van der Waals surface area contributed by atoms with E-state index in [0.717, 1.165) is 0 Å². The van der Waals surface area contributed by atoms with E-state index >= 15 is 0 Å². The van der Waals surface area contributed by atoms with Gasteiger partial charge in [-0.1, -0.05) is 0 Å². The van der Waals surface area contributed by atoms with Crippen molar-refractivity contribution in [3.63, 3.8) is 0 Å². The average Bonchev–Trinajstić information content (AvgIpc) is 1.39. The summed E-state index contributed by atoms with van der Waals surface area (Å²) < 4.78 is 0. The number of carbonyl (C=O) groups excluding carboxylic acids is 1. The molecule has 0 saturated carbocycles. The molecule has 3 N–H and O–H groups in total. The van der Waals surface area contributed by atoms with Crippen molar-refractivity contribution in [1.29, 1.82) is 0 Å². The van der Waals surface area contributed by atoms with Crippen molar-refractivity contribution in [3.05, 3.63) is 0 Å². The smallest absolute Gasteiger partial charge is 0.296 e. The minimum Gasteiger partial charge on any atom is -0.297 e. The van der Waals surface area contributed by atoms with Gasteiger partial charge in [0.1, 0.15) is 0 Å². The zero-order valence-electron chi connectivity index (χ0n) is 2.95. The summed E-state index contributed by atoms with van der Waals surface area (Å²) in [6.45, 7) is 0. The first-order chi connectivity index (χ1) is 2.83. The predicted molar refractivity (Wildman–Crippen MR) is 42.7 cm³/mol. The molecule has 6 heavy (non-hydrogen) atoms. The fraction of sp³-hybridized carbons (Fsp3) is 0. The molecule has 0 aromatic rings. The van der Waals surface area contributed by atoms with Crippen molar-refractivity contribution in [2.24, 2.45) is 0 Å². The van der Waals surface area contributed by atoms with Gasteiger partial charge in [-0.15, -0.1) is 0 Å². The van der Waals surface area contributed by atoms with Crippen molar-refractivity contribution in [1.82, 2.24) is 0 Å². The van der Waals surface area contributed by atoms with Crippen LogP contribution in [-0.4, -0.2) is 22.1 Å². The van der Waals surface area contributed by atoms with Gasteiger partial charge in [0.25, 0.3) is 6.41 Å². The van der Waals surface area contributed by atoms with E-state index in [-0.39, 0.29) is 15.6 Å². The SMILES string of the molecule is [I][Pb][I].[NH3+]C=O. The van der Waals surface area contributed by atoms with Crippen LogP contribution in [0.3, 0.4) is 0 Å². The van der Waals surface area contributed by atoms with Crippen LogP contribution in [-0.2, 0) is 4.79 Å². The van der Waals surface area contributed by atoms with Crippen LogP contribution in [0.15, 0.2) is 0 Å². The zero-order valence-corrected chi connectivity index (χ0v) is 11.2. The first-order valence-corrected chi connectivity index (χ1v) is 22.9. The molecule has 36 valence electrons. The van der Waals surface area contributed by atoms with E-state index in [2.05, 4.69) is 41.3 Å². The minimum absolute atomic E-state index is 0.0233. The minimum atomic E-state index is 0.0233. The maximum Gasteiger partial charge on any atom is 0.296 e. The van der Waals surface area contributed by atoms with E-state index in [0.29, 0.717) is 6.41 Å². The van der Waals surface area contributed by atoms with Crippen LogP contribution in [0.5, 0.6) is 0 Å². The maximum absolute atomic E-state index is 8.69. The Bertz CT molecular complexity index is 27.5. The summed E-state index contributed by atoms with van der Waals surface area (Å²) in [5.41, 5.74) is 2.81. The van der Waals surface area contributed by atoms with Gasteiger partial charge < -0.3 is 0 Å². The molecule has 0 aliphatic rings. The summed E-state index contributed by atoms with van der Waals surface area (Å²) in [7, 11) is 0. The van der Waals surface area contributed by atoms with Crippen LogP contribution in [0.2, 0.25) is 0 Å². The predicted octanol–water partition coefficient (Wildman–Crippen LogP) is -0.225. The Morgan fingerprint density at radius 2 is 1.67 bits per heavy atom. The van der Waals surface area contributed by atoms with Crippen LogP contribution in [0.25, 0.3) is 0 Å². The molecule has 1 amide bonds. The Balaban J connectivity index is 0. The summed E-state index contributed by atoms with van der Waals surface area (Å²) in [6.07, 6.45) is 0.500. The second-order valence-electron chi connectivity index (χ2n) is 0.238. The van der Waals surface area contributed by atoms with Crippen molar-refractivity contribution < 1.29 is 10.5 Å². The van der Waals surface area contributed by atoms with Gasteiger partial charge in [0.2, 0.25) is 0 Å². The Morgan fingerprint density at radius 1 is 1.67 bits per heavy atom. The molecule has 0 rings (SSSR count). The second-order valence-corrected chi connectivity index (χ2v) is 28.4. The molecule has 0 fully saturated rings. The van der Waals surface area contributed by atoms with Crippen LogP contribution in [0.4, 0.5) is 0 Å². The molecule has 2 nitrogen and oxygen atoms in total. The van der Waals surface area contributed by atoms with Crippen molar-refractivity contribution >= 4 is 57.6 Å². The summed E-state index contributed by atoms with van der Waals surface area (Å²) >= 11 is 4.96. The zero-order chi connectivity index (χ0) is 5.41. The number of quaternary nitrogens is 1. The summed E-state index contributed by atoms with van der Waals surface area (Å²) in [6, 6.07) is 0. The van der Waals surface area contributed by atoms with Crippen molar-refractivity contribution in [3.8, 4) is 0 Å². The molecule has 0 aliphatic heterocycles. The molecule has 0 saturated heterocycles. The Kier molecular flexibility index (Phi) is 28.6. The van der Waals surface area contributed by atoms with Gasteiger partial charge in [0.05, 0.1) is 0 Å². The van der Waals surface area contributed by atoms with Gasteiger partial charge in [-0.25, -0.2) is 4.79 Å². The maximum atomic E-state index is 8.69. The Hall–Kier alpha value is 2.01. The number of hydrogen-bond acceptors (Lipinski definition) is 1. The molecule has 0 aliphatic carbocycles. The third-order valence-corrected chi connectivity index (χ3v) is 0. The number of carbonyl (C=O) groups is 1.